The van der Waals surface area contributed by atoms with Crippen molar-refractivity contribution in [1.29, 1.82) is 0 Å². The number of sulfonamides is 1. The number of ether oxygens (including phenoxy) is 1. The largest absolute Gasteiger partial charge is 0.465 e. The van der Waals surface area contributed by atoms with Crippen molar-refractivity contribution in [3.05, 3.63) is 66.7 Å². The zero-order valence-electron chi connectivity index (χ0n) is 16.1. The molecule has 3 rings (SSSR count). The van der Waals surface area contributed by atoms with Crippen LogP contribution in [0.4, 0.5) is 11.4 Å². The van der Waals surface area contributed by atoms with Crippen LogP contribution < -0.4 is 10.0 Å². The lowest BCUT2D eigenvalue weighted by Crippen LogP contribution is -2.24. The number of amides is 1. The standard InChI is InChI=1S/C19H19N5O5S/c1-13(24-12-20-11-21-24)18(25)22-15-6-8-16(9-7-15)23-30(27,28)17-5-3-4-14(10-17)19(26)29-2/h3-13,23H,1-2H3,(H,22,25). The minimum absolute atomic E-state index is 0.0792. The molecule has 0 spiro atoms. The molecule has 0 aliphatic heterocycles. The number of anilines is 2. The predicted octanol–water partition coefficient (Wildman–Crippen LogP) is 2.07. The van der Waals surface area contributed by atoms with Gasteiger partial charge in [0, 0.05) is 11.4 Å². The van der Waals surface area contributed by atoms with E-state index < -0.39 is 22.0 Å². The van der Waals surface area contributed by atoms with Gasteiger partial charge in [-0.25, -0.2) is 22.9 Å². The van der Waals surface area contributed by atoms with Gasteiger partial charge in [0.05, 0.1) is 17.6 Å². The molecule has 30 heavy (non-hydrogen) atoms. The maximum Gasteiger partial charge on any atom is 0.337 e. The normalized spacial score (nSPS) is 12.1. The van der Waals surface area contributed by atoms with Crippen LogP contribution in [0.15, 0.2) is 66.1 Å². The van der Waals surface area contributed by atoms with Crippen LogP contribution in [0.1, 0.15) is 23.3 Å². The van der Waals surface area contributed by atoms with E-state index in [0.29, 0.717) is 11.4 Å². The Hall–Kier alpha value is -3.73. The average Bonchev–Trinajstić information content (AvgIpc) is 3.28. The molecule has 1 unspecified atom stereocenters. The van der Waals surface area contributed by atoms with Crippen molar-refractivity contribution >= 4 is 33.3 Å². The van der Waals surface area contributed by atoms with Crippen molar-refractivity contribution in [2.75, 3.05) is 17.1 Å². The van der Waals surface area contributed by atoms with Crippen molar-refractivity contribution in [3.63, 3.8) is 0 Å². The summed E-state index contributed by atoms with van der Waals surface area (Å²) in [6, 6.07) is 11.1. The number of rotatable bonds is 7. The molecule has 1 aromatic heterocycles. The van der Waals surface area contributed by atoms with Crippen molar-refractivity contribution in [1.82, 2.24) is 14.8 Å². The third-order valence-corrected chi connectivity index (χ3v) is 5.56. The summed E-state index contributed by atoms with van der Waals surface area (Å²) in [5, 5.41) is 6.65. The van der Waals surface area contributed by atoms with E-state index in [0.717, 1.165) is 0 Å². The minimum atomic E-state index is -3.92. The Labute approximate surface area is 172 Å². The summed E-state index contributed by atoms with van der Waals surface area (Å²) in [7, 11) is -2.70. The van der Waals surface area contributed by atoms with Gasteiger partial charge in [-0.05, 0) is 49.4 Å². The van der Waals surface area contributed by atoms with E-state index in [2.05, 4.69) is 24.9 Å². The highest BCUT2D eigenvalue weighted by molar-refractivity contribution is 7.92. The zero-order valence-corrected chi connectivity index (χ0v) is 17.0. The number of hydrogen-bond acceptors (Lipinski definition) is 7. The summed E-state index contributed by atoms with van der Waals surface area (Å²) in [6.45, 7) is 1.68. The van der Waals surface area contributed by atoms with Gasteiger partial charge < -0.3 is 10.1 Å². The van der Waals surface area contributed by atoms with Gasteiger partial charge in [0.15, 0.2) is 0 Å². The quantitative estimate of drug-likeness (QED) is 0.549. The molecule has 1 amide bonds. The summed E-state index contributed by atoms with van der Waals surface area (Å²) in [5.74, 6) is -0.930. The maximum absolute atomic E-state index is 12.6. The molecule has 11 heteroatoms. The number of hydrogen-bond donors (Lipinski definition) is 2. The first-order valence-electron chi connectivity index (χ1n) is 8.76. The topological polar surface area (TPSA) is 132 Å². The van der Waals surface area contributed by atoms with E-state index >= 15 is 0 Å². The van der Waals surface area contributed by atoms with Gasteiger partial charge in [0.1, 0.15) is 18.7 Å². The Morgan fingerprint density at radius 1 is 1.10 bits per heavy atom. The first-order chi connectivity index (χ1) is 14.3. The van der Waals surface area contributed by atoms with Crippen molar-refractivity contribution in [3.8, 4) is 0 Å². The average molecular weight is 429 g/mol. The highest BCUT2D eigenvalue weighted by atomic mass is 32.2. The summed E-state index contributed by atoms with van der Waals surface area (Å²) >= 11 is 0. The van der Waals surface area contributed by atoms with Gasteiger partial charge in [0.2, 0.25) is 5.91 Å². The fraction of sp³-hybridized carbons (Fsp3) is 0.158. The molecule has 2 aromatic carbocycles. The van der Waals surface area contributed by atoms with Crippen LogP contribution in [0.3, 0.4) is 0 Å². The van der Waals surface area contributed by atoms with Crippen LogP contribution in [0, 0.1) is 0 Å². The lowest BCUT2D eigenvalue weighted by molar-refractivity contribution is -0.119. The third-order valence-electron chi connectivity index (χ3n) is 4.18. The number of carbonyl (C=O) groups is 2. The van der Waals surface area contributed by atoms with Crippen molar-refractivity contribution in [2.24, 2.45) is 0 Å². The van der Waals surface area contributed by atoms with Gasteiger partial charge in [-0.15, -0.1) is 0 Å². The Bertz CT molecular complexity index is 1140. The first kappa shape index (κ1) is 21.0. The van der Waals surface area contributed by atoms with E-state index in [1.807, 2.05) is 0 Å². The van der Waals surface area contributed by atoms with Crippen molar-refractivity contribution < 1.29 is 22.7 Å². The Morgan fingerprint density at radius 3 is 2.43 bits per heavy atom. The number of nitrogens with one attached hydrogen (secondary N) is 2. The van der Waals surface area contributed by atoms with Crippen LogP contribution in [0.2, 0.25) is 0 Å². The molecule has 1 atom stereocenters. The monoisotopic (exact) mass is 429 g/mol. The molecule has 0 saturated carbocycles. The first-order valence-corrected chi connectivity index (χ1v) is 10.2. The fourth-order valence-corrected chi connectivity index (χ4v) is 3.63. The van der Waals surface area contributed by atoms with E-state index in [4.69, 9.17) is 0 Å². The van der Waals surface area contributed by atoms with Crippen molar-refractivity contribution in [2.45, 2.75) is 17.9 Å². The van der Waals surface area contributed by atoms with Crippen LogP contribution in [0.25, 0.3) is 0 Å². The van der Waals surface area contributed by atoms with Gasteiger partial charge in [-0.3, -0.25) is 9.52 Å². The molecule has 0 radical (unpaired) electrons. The molecule has 0 fully saturated rings. The lowest BCUT2D eigenvalue weighted by atomic mass is 10.2. The molecular weight excluding hydrogens is 410 g/mol. The second-order valence-corrected chi connectivity index (χ2v) is 7.93. The van der Waals surface area contributed by atoms with Crippen LogP contribution >= 0.6 is 0 Å². The van der Waals surface area contributed by atoms with E-state index in [-0.39, 0.29) is 16.4 Å². The van der Waals surface area contributed by atoms with Gasteiger partial charge in [-0.1, -0.05) is 6.07 Å². The second kappa shape index (κ2) is 8.74. The molecule has 10 nitrogen and oxygen atoms in total. The Morgan fingerprint density at radius 2 is 1.80 bits per heavy atom. The van der Waals surface area contributed by atoms with Gasteiger partial charge in [0.25, 0.3) is 10.0 Å². The summed E-state index contributed by atoms with van der Waals surface area (Å²) in [4.78, 5) is 27.6. The van der Waals surface area contributed by atoms with E-state index in [9.17, 15) is 18.0 Å². The highest BCUT2D eigenvalue weighted by Crippen LogP contribution is 2.20. The van der Waals surface area contributed by atoms with E-state index in [1.54, 1.807) is 19.1 Å². The maximum atomic E-state index is 12.6. The Kier molecular flexibility index (Phi) is 6.11. The second-order valence-electron chi connectivity index (χ2n) is 6.24. The molecule has 3 aromatic rings. The van der Waals surface area contributed by atoms with E-state index in [1.165, 1.54) is 60.8 Å². The number of methoxy groups -OCH3 is 1. The molecule has 0 saturated heterocycles. The van der Waals surface area contributed by atoms with Gasteiger partial charge >= 0.3 is 5.97 Å². The third kappa shape index (κ3) is 4.81. The number of esters is 1. The molecule has 1 heterocycles. The number of nitrogens with zero attached hydrogens (tertiary/aromatic N) is 3. The van der Waals surface area contributed by atoms with Crippen LogP contribution in [-0.2, 0) is 19.6 Å². The minimum Gasteiger partial charge on any atom is -0.465 e. The van der Waals surface area contributed by atoms with Crippen LogP contribution in [0.5, 0.6) is 0 Å². The summed E-state index contributed by atoms with van der Waals surface area (Å²) < 4.78 is 33.7. The summed E-state index contributed by atoms with van der Waals surface area (Å²) in [5.41, 5.74) is 0.906. The zero-order chi connectivity index (χ0) is 21.7. The Balaban J connectivity index is 1.69. The van der Waals surface area contributed by atoms with Gasteiger partial charge in [-0.2, -0.15) is 5.10 Å². The molecule has 2 N–H and O–H groups in total. The smallest absolute Gasteiger partial charge is 0.337 e. The SMILES string of the molecule is COC(=O)c1cccc(S(=O)(=O)Nc2ccc(NC(=O)C(C)n3cncn3)cc2)c1. The predicted molar refractivity (Wildman–Crippen MR) is 108 cm³/mol. The summed E-state index contributed by atoms with van der Waals surface area (Å²) in [6.07, 6.45) is 2.78. The molecule has 156 valence electrons. The molecule has 0 aliphatic rings. The van der Waals surface area contributed by atoms with Crippen LogP contribution in [-0.4, -0.2) is 42.2 Å². The number of carbonyl (C=O) groups excluding carboxylic acids is 2. The molecular formula is C19H19N5O5S. The number of benzene rings is 2. The lowest BCUT2D eigenvalue weighted by Gasteiger charge is -2.13. The fourth-order valence-electron chi connectivity index (χ4n) is 2.53. The molecule has 0 aliphatic carbocycles. The molecule has 0 bridgehead atoms. The number of aromatic nitrogens is 3. The highest BCUT2D eigenvalue weighted by Gasteiger charge is 2.18.